The minimum atomic E-state index is -0.778. The van der Waals surface area contributed by atoms with Gasteiger partial charge in [0.25, 0.3) is 0 Å². The fourth-order valence-corrected chi connectivity index (χ4v) is 3.64. The number of aliphatic hydroxyl groups is 1. The standard InChI is InChI=1S/C16H26N2O/c1-11(2)9-13-5-4-7-16(19,10-13)14-12(3)6-8-18-15(14)17/h6,8,11,13,19H,4-5,7,9-10H2,1-3H3,(H2,17,18). The van der Waals surface area contributed by atoms with E-state index in [1.54, 1.807) is 6.20 Å². The summed E-state index contributed by atoms with van der Waals surface area (Å²) in [6, 6.07) is 1.94. The minimum Gasteiger partial charge on any atom is -0.385 e. The maximum absolute atomic E-state index is 11.1. The predicted molar refractivity (Wildman–Crippen MR) is 78.7 cm³/mol. The number of rotatable bonds is 3. The van der Waals surface area contributed by atoms with E-state index >= 15 is 0 Å². The average molecular weight is 262 g/mol. The van der Waals surface area contributed by atoms with Crippen molar-refractivity contribution in [2.24, 2.45) is 11.8 Å². The molecule has 0 radical (unpaired) electrons. The molecule has 1 saturated carbocycles. The normalized spacial score (nSPS) is 27.7. The molecule has 1 heterocycles. The number of hydrogen-bond acceptors (Lipinski definition) is 3. The van der Waals surface area contributed by atoms with Gasteiger partial charge in [-0.15, -0.1) is 0 Å². The van der Waals surface area contributed by atoms with Gasteiger partial charge in [0.2, 0.25) is 0 Å². The van der Waals surface area contributed by atoms with Crippen LogP contribution in [-0.2, 0) is 5.60 Å². The van der Waals surface area contributed by atoms with Crippen LogP contribution in [0.5, 0.6) is 0 Å². The highest BCUT2D eigenvalue weighted by molar-refractivity contribution is 5.48. The van der Waals surface area contributed by atoms with Gasteiger partial charge in [0, 0.05) is 11.8 Å². The zero-order valence-electron chi connectivity index (χ0n) is 12.3. The van der Waals surface area contributed by atoms with E-state index in [9.17, 15) is 5.11 Å². The number of nitrogens with two attached hydrogens (primary N) is 1. The van der Waals surface area contributed by atoms with E-state index in [1.807, 2.05) is 13.0 Å². The third-order valence-electron chi connectivity index (χ3n) is 4.29. The zero-order valence-corrected chi connectivity index (χ0v) is 12.3. The smallest absolute Gasteiger partial charge is 0.129 e. The maximum Gasteiger partial charge on any atom is 0.129 e. The molecule has 0 saturated heterocycles. The molecule has 2 rings (SSSR count). The third kappa shape index (κ3) is 3.08. The highest BCUT2D eigenvalue weighted by Crippen LogP contribution is 2.44. The molecule has 3 heteroatoms. The van der Waals surface area contributed by atoms with E-state index in [0.717, 1.165) is 30.4 Å². The molecule has 3 N–H and O–H groups in total. The Morgan fingerprint density at radius 1 is 1.53 bits per heavy atom. The van der Waals surface area contributed by atoms with Crippen molar-refractivity contribution in [3.8, 4) is 0 Å². The van der Waals surface area contributed by atoms with Crippen molar-refractivity contribution >= 4 is 5.82 Å². The highest BCUT2D eigenvalue weighted by Gasteiger charge is 2.38. The molecule has 3 nitrogen and oxygen atoms in total. The Kier molecular flexibility index (Phi) is 4.14. The van der Waals surface area contributed by atoms with Crippen LogP contribution in [-0.4, -0.2) is 10.1 Å². The van der Waals surface area contributed by atoms with Crippen molar-refractivity contribution in [3.63, 3.8) is 0 Å². The SMILES string of the molecule is Cc1ccnc(N)c1C1(O)CCCC(CC(C)C)C1. The summed E-state index contributed by atoms with van der Waals surface area (Å²) in [5.41, 5.74) is 7.16. The van der Waals surface area contributed by atoms with Crippen LogP contribution in [0.3, 0.4) is 0 Å². The first-order valence-electron chi connectivity index (χ1n) is 7.36. The van der Waals surface area contributed by atoms with Crippen molar-refractivity contribution in [2.45, 2.75) is 58.5 Å². The molecule has 1 aliphatic carbocycles. The van der Waals surface area contributed by atoms with Crippen LogP contribution < -0.4 is 5.73 Å². The number of aryl methyl sites for hydroxylation is 1. The molecular formula is C16H26N2O. The monoisotopic (exact) mass is 262 g/mol. The maximum atomic E-state index is 11.1. The lowest BCUT2D eigenvalue weighted by Crippen LogP contribution is -2.35. The largest absolute Gasteiger partial charge is 0.385 e. The van der Waals surface area contributed by atoms with Gasteiger partial charge in [0.15, 0.2) is 0 Å². The van der Waals surface area contributed by atoms with Crippen LogP contribution in [0, 0.1) is 18.8 Å². The second-order valence-corrected chi connectivity index (χ2v) is 6.51. The van der Waals surface area contributed by atoms with Gasteiger partial charge in [-0.1, -0.05) is 20.3 Å². The molecular weight excluding hydrogens is 236 g/mol. The molecule has 1 aromatic rings. The number of anilines is 1. The lowest BCUT2D eigenvalue weighted by Gasteiger charge is -2.39. The summed E-state index contributed by atoms with van der Waals surface area (Å²) < 4.78 is 0. The Bertz CT molecular complexity index is 424. The Morgan fingerprint density at radius 2 is 2.26 bits per heavy atom. The van der Waals surface area contributed by atoms with E-state index in [-0.39, 0.29) is 0 Å². The van der Waals surface area contributed by atoms with Crippen LogP contribution >= 0.6 is 0 Å². The van der Waals surface area contributed by atoms with E-state index in [2.05, 4.69) is 18.8 Å². The predicted octanol–water partition coefficient (Wildman–Crippen LogP) is 3.40. The van der Waals surface area contributed by atoms with Gasteiger partial charge < -0.3 is 10.8 Å². The zero-order chi connectivity index (χ0) is 14.0. The summed E-state index contributed by atoms with van der Waals surface area (Å²) >= 11 is 0. The minimum absolute atomic E-state index is 0.493. The molecule has 1 aromatic heterocycles. The van der Waals surface area contributed by atoms with Gasteiger partial charge in [0.1, 0.15) is 5.82 Å². The molecule has 19 heavy (non-hydrogen) atoms. The highest BCUT2D eigenvalue weighted by atomic mass is 16.3. The molecule has 0 spiro atoms. The summed E-state index contributed by atoms with van der Waals surface area (Å²) in [6.07, 6.45) is 6.81. The summed E-state index contributed by atoms with van der Waals surface area (Å²) in [6.45, 7) is 6.51. The summed E-state index contributed by atoms with van der Waals surface area (Å²) in [5.74, 6) is 1.77. The number of hydrogen-bond donors (Lipinski definition) is 2. The van der Waals surface area contributed by atoms with Gasteiger partial charge in [-0.05, 0) is 56.1 Å². The number of pyridine rings is 1. The molecule has 1 aliphatic rings. The van der Waals surface area contributed by atoms with Crippen molar-refractivity contribution in [1.82, 2.24) is 4.98 Å². The van der Waals surface area contributed by atoms with Gasteiger partial charge in [-0.2, -0.15) is 0 Å². The van der Waals surface area contributed by atoms with E-state index in [4.69, 9.17) is 5.73 Å². The van der Waals surface area contributed by atoms with Crippen LogP contribution in [0.15, 0.2) is 12.3 Å². The van der Waals surface area contributed by atoms with Crippen molar-refractivity contribution in [2.75, 3.05) is 5.73 Å². The summed E-state index contributed by atoms with van der Waals surface area (Å²) in [7, 11) is 0. The third-order valence-corrected chi connectivity index (χ3v) is 4.29. The molecule has 2 unspecified atom stereocenters. The second kappa shape index (κ2) is 5.49. The fourth-order valence-electron chi connectivity index (χ4n) is 3.64. The molecule has 2 atom stereocenters. The van der Waals surface area contributed by atoms with Gasteiger partial charge in [-0.25, -0.2) is 4.98 Å². The van der Waals surface area contributed by atoms with E-state index < -0.39 is 5.60 Å². The first kappa shape index (κ1) is 14.3. The van der Waals surface area contributed by atoms with Crippen LogP contribution in [0.1, 0.15) is 57.1 Å². The molecule has 0 aliphatic heterocycles. The molecule has 0 amide bonds. The number of nitrogens with zero attached hydrogens (tertiary/aromatic N) is 1. The van der Waals surface area contributed by atoms with Crippen molar-refractivity contribution in [3.05, 3.63) is 23.4 Å². The van der Waals surface area contributed by atoms with Crippen LogP contribution in [0.4, 0.5) is 5.82 Å². The first-order chi connectivity index (χ1) is 8.92. The number of nitrogen functional groups attached to an aromatic ring is 1. The average Bonchev–Trinajstić information content (AvgIpc) is 2.27. The Hall–Kier alpha value is -1.09. The number of aromatic nitrogens is 1. The topological polar surface area (TPSA) is 59.1 Å². The van der Waals surface area contributed by atoms with Gasteiger partial charge >= 0.3 is 0 Å². The fraction of sp³-hybridized carbons (Fsp3) is 0.688. The van der Waals surface area contributed by atoms with Crippen molar-refractivity contribution in [1.29, 1.82) is 0 Å². The Balaban J connectivity index is 2.26. The molecule has 0 bridgehead atoms. The Labute approximate surface area is 116 Å². The van der Waals surface area contributed by atoms with Gasteiger partial charge in [-0.3, -0.25) is 0 Å². The second-order valence-electron chi connectivity index (χ2n) is 6.51. The van der Waals surface area contributed by atoms with E-state index in [0.29, 0.717) is 17.7 Å². The summed E-state index contributed by atoms with van der Waals surface area (Å²) in [4.78, 5) is 4.16. The van der Waals surface area contributed by atoms with Crippen molar-refractivity contribution < 1.29 is 5.11 Å². The quantitative estimate of drug-likeness (QED) is 0.877. The van der Waals surface area contributed by atoms with Crippen LogP contribution in [0.2, 0.25) is 0 Å². The molecule has 106 valence electrons. The first-order valence-corrected chi connectivity index (χ1v) is 7.36. The lowest BCUT2D eigenvalue weighted by atomic mass is 9.71. The van der Waals surface area contributed by atoms with E-state index in [1.165, 1.54) is 12.8 Å². The Morgan fingerprint density at radius 3 is 2.89 bits per heavy atom. The lowest BCUT2D eigenvalue weighted by molar-refractivity contribution is -0.0245. The molecule has 1 fully saturated rings. The van der Waals surface area contributed by atoms with Gasteiger partial charge in [0.05, 0.1) is 5.60 Å². The van der Waals surface area contributed by atoms with Crippen LogP contribution in [0.25, 0.3) is 0 Å². The molecule has 0 aromatic carbocycles. The summed E-state index contributed by atoms with van der Waals surface area (Å²) in [5, 5.41) is 11.1.